The van der Waals surface area contributed by atoms with E-state index >= 15 is 0 Å². The van der Waals surface area contributed by atoms with Crippen molar-refractivity contribution in [1.82, 2.24) is 0 Å². The van der Waals surface area contributed by atoms with Gasteiger partial charge in [-0.05, 0) is 18.2 Å². The zero-order valence-corrected chi connectivity index (χ0v) is 10.4. The van der Waals surface area contributed by atoms with Gasteiger partial charge in [0, 0.05) is 24.2 Å². The molecule has 0 spiro atoms. The van der Waals surface area contributed by atoms with E-state index in [1.54, 1.807) is 0 Å². The van der Waals surface area contributed by atoms with Crippen LogP contribution in [0.15, 0.2) is 30.3 Å². The fourth-order valence-corrected chi connectivity index (χ4v) is 1.70. The van der Waals surface area contributed by atoms with E-state index in [0.717, 1.165) is 18.2 Å². The molecular formula is C13H9F3N2O3. The van der Waals surface area contributed by atoms with E-state index in [1.165, 1.54) is 0 Å². The first-order valence-electron chi connectivity index (χ1n) is 5.73. The predicted molar refractivity (Wildman–Crippen MR) is 68.4 cm³/mol. The summed E-state index contributed by atoms with van der Waals surface area (Å²) in [5.41, 5.74) is -1.09. The summed E-state index contributed by atoms with van der Waals surface area (Å²) in [5.74, 6) is -3.15. The van der Waals surface area contributed by atoms with E-state index in [0.29, 0.717) is 12.1 Å². The largest absolute Gasteiger partial charge is 0.508 e. The van der Waals surface area contributed by atoms with Crippen molar-refractivity contribution in [2.75, 3.05) is 5.32 Å². The average Bonchev–Trinajstić information content (AvgIpc) is 2.41. The number of nitro groups is 1. The molecule has 0 heterocycles. The molecule has 0 saturated carbocycles. The van der Waals surface area contributed by atoms with Crippen LogP contribution in [0.4, 0.5) is 24.5 Å². The maximum Gasteiger partial charge on any atom is 0.307 e. The number of rotatable bonds is 4. The van der Waals surface area contributed by atoms with Crippen molar-refractivity contribution in [3.63, 3.8) is 0 Å². The van der Waals surface area contributed by atoms with Crippen molar-refractivity contribution in [2.24, 2.45) is 0 Å². The van der Waals surface area contributed by atoms with Crippen LogP contribution in [0.25, 0.3) is 0 Å². The van der Waals surface area contributed by atoms with Crippen LogP contribution in [0.1, 0.15) is 5.56 Å². The van der Waals surface area contributed by atoms with Crippen LogP contribution >= 0.6 is 0 Å². The van der Waals surface area contributed by atoms with Crippen molar-refractivity contribution in [1.29, 1.82) is 0 Å². The first kappa shape index (κ1) is 14.6. The van der Waals surface area contributed by atoms with Gasteiger partial charge in [0.15, 0.2) is 0 Å². The molecule has 0 radical (unpaired) electrons. The summed E-state index contributed by atoms with van der Waals surface area (Å²) in [6.07, 6.45) is 0. The number of nitrogens with one attached hydrogen (secondary N) is 1. The Kier molecular flexibility index (Phi) is 3.97. The molecule has 0 aromatic heterocycles. The highest BCUT2D eigenvalue weighted by molar-refractivity contribution is 5.53. The highest BCUT2D eigenvalue weighted by Gasteiger charge is 2.18. The second-order valence-electron chi connectivity index (χ2n) is 4.17. The van der Waals surface area contributed by atoms with Crippen LogP contribution in [0.3, 0.4) is 0 Å². The molecule has 110 valence electrons. The number of nitro benzene ring substituents is 1. The Morgan fingerprint density at radius 3 is 2.52 bits per heavy atom. The highest BCUT2D eigenvalue weighted by atomic mass is 19.1. The Labute approximate surface area is 116 Å². The molecule has 0 amide bonds. The molecule has 5 nitrogen and oxygen atoms in total. The minimum atomic E-state index is -1.29. The van der Waals surface area contributed by atoms with Crippen LogP contribution in [0.5, 0.6) is 5.75 Å². The molecule has 0 aliphatic carbocycles. The Hall–Kier alpha value is -2.77. The molecule has 0 atom stereocenters. The maximum absolute atomic E-state index is 13.5. The molecule has 0 unspecified atom stereocenters. The van der Waals surface area contributed by atoms with Gasteiger partial charge in [0.2, 0.25) is 5.82 Å². The Morgan fingerprint density at radius 1 is 1.14 bits per heavy atom. The van der Waals surface area contributed by atoms with Gasteiger partial charge in [-0.25, -0.2) is 8.78 Å². The second kappa shape index (κ2) is 5.70. The van der Waals surface area contributed by atoms with E-state index < -0.39 is 28.1 Å². The minimum absolute atomic E-state index is 0.126. The van der Waals surface area contributed by atoms with Crippen molar-refractivity contribution >= 4 is 11.4 Å². The number of benzene rings is 2. The number of phenols is 1. The van der Waals surface area contributed by atoms with Gasteiger partial charge < -0.3 is 10.4 Å². The normalized spacial score (nSPS) is 10.4. The molecule has 0 saturated heterocycles. The third-order valence-electron chi connectivity index (χ3n) is 2.74. The van der Waals surface area contributed by atoms with Gasteiger partial charge >= 0.3 is 5.69 Å². The molecule has 0 bridgehead atoms. The number of halogens is 3. The summed E-state index contributed by atoms with van der Waals surface area (Å²) in [6, 6.07) is 4.27. The zero-order chi connectivity index (χ0) is 15.6. The number of hydrogen-bond acceptors (Lipinski definition) is 4. The third-order valence-corrected chi connectivity index (χ3v) is 2.74. The molecule has 8 heteroatoms. The van der Waals surface area contributed by atoms with Crippen LogP contribution in [-0.2, 0) is 6.54 Å². The van der Waals surface area contributed by atoms with Gasteiger partial charge in [0.25, 0.3) is 0 Å². The van der Waals surface area contributed by atoms with Gasteiger partial charge in [-0.1, -0.05) is 0 Å². The van der Waals surface area contributed by atoms with Crippen molar-refractivity contribution in [3.05, 3.63) is 63.5 Å². The SMILES string of the molecule is O=[N+]([O-])c1cc(NCc2cc(F)ccc2O)c(F)cc1F. The van der Waals surface area contributed by atoms with Gasteiger partial charge in [-0.15, -0.1) is 0 Å². The lowest BCUT2D eigenvalue weighted by molar-refractivity contribution is -0.387. The van der Waals surface area contributed by atoms with Crippen LogP contribution in [-0.4, -0.2) is 10.0 Å². The van der Waals surface area contributed by atoms with Gasteiger partial charge in [-0.2, -0.15) is 4.39 Å². The summed E-state index contributed by atoms with van der Waals surface area (Å²) >= 11 is 0. The Bertz CT molecular complexity index is 707. The fraction of sp³-hybridized carbons (Fsp3) is 0.0769. The average molecular weight is 298 g/mol. The molecule has 0 aliphatic rings. The van der Waals surface area contributed by atoms with Crippen LogP contribution in [0.2, 0.25) is 0 Å². The van der Waals surface area contributed by atoms with Crippen molar-refractivity contribution < 1.29 is 23.2 Å². The number of nitrogens with zero attached hydrogens (tertiary/aromatic N) is 1. The van der Waals surface area contributed by atoms with E-state index in [-0.39, 0.29) is 23.5 Å². The summed E-state index contributed by atoms with van der Waals surface area (Å²) in [7, 11) is 0. The topological polar surface area (TPSA) is 75.4 Å². The van der Waals surface area contributed by atoms with Gasteiger partial charge in [0.05, 0.1) is 10.6 Å². The lowest BCUT2D eigenvalue weighted by Crippen LogP contribution is -2.04. The van der Waals surface area contributed by atoms with Gasteiger partial charge in [-0.3, -0.25) is 10.1 Å². The van der Waals surface area contributed by atoms with Crippen molar-refractivity contribution in [3.8, 4) is 5.75 Å². The lowest BCUT2D eigenvalue weighted by Gasteiger charge is -2.09. The second-order valence-corrected chi connectivity index (χ2v) is 4.17. The first-order chi connectivity index (χ1) is 9.88. The number of aromatic hydroxyl groups is 1. The van der Waals surface area contributed by atoms with Crippen molar-refractivity contribution in [2.45, 2.75) is 6.54 Å². The van der Waals surface area contributed by atoms with Gasteiger partial charge in [0.1, 0.15) is 17.4 Å². The quantitative estimate of drug-likeness (QED) is 0.670. The van der Waals surface area contributed by atoms with Crippen LogP contribution < -0.4 is 5.32 Å². The smallest absolute Gasteiger partial charge is 0.307 e. The molecule has 0 aliphatic heterocycles. The first-order valence-corrected chi connectivity index (χ1v) is 5.73. The van der Waals surface area contributed by atoms with E-state index in [2.05, 4.69) is 5.32 Å². The molecule has 21 heavy (non-hydrogen) atoms. The predicted octanol–water partition coefficient (Wildman–Crippen LogP) is 3.33. The molecule has 2 rings (SSSR count). The lowest BCUT2D eigenvalue weighted by atomic mass is 10.2. The minimum Gasteiger partial charge on any atom is -0.508 e. The summed E-state index contributed by atoms with van der Waals surface area (Å²) in [6.45, 7) is -0.191. The summed E-state index contributed by atoms with van der Waals surface area (Å²) in [5, 5.41) is 22.5. The number of anilines is 1. The molecular weight excluding hydrogens is 289 g/mol. The molecule has 0 fully saturated rings. The monoisotopic (exact) mass is 298 g/mol. The zero-order valence-electron chi connectivity index (χ0n) is 10.4. The standard InChI is InChI=1S/C13H9F3N2O3/c14-8-1-2-13(19)7(3-8)6-17-11-5-12(18(20)21)10(16)4-9(11)15/h1-5,17,19H,6H2. The molecule has 2 aromatic carbocycles. The summed E-state index contributed by atoms with van der Waals surface area (Å²) in [4.78, 5) is 9.60. The van der Waals surface area contributed by atoms with E-state index in [9.17, 15) is 28.4 Å². The summed E-state index contributed by atoms with van der Waals surface area (Å²) < 4.78 is 39.7. The maximum atomic E-state index is 13.5. The molecule has 2 N–H and O–H groups in total. The Balaban J connectivity index is 2.25. The highest BCUT2D eigenvalue weighted by Crippen LogP contribution is 2.26. The number of phenolic OH excluding ortho intramolecular Hbond substituents is 1. The van der Waals surface area contributed by atoms with E-state index in [4.69, 9.17) is 0 Å². The molecule has 2 aromatic rings. The Morgan fingerprint density at radius 2 is 1.86 bits per heavy atom. The third kappa shape index (κ3) is 3.22. The fourth-order valence-electron chi connectivity index (χ4n) is 1.70. The number of hydrogen-bond donors (Lipinski definition) is 2. The van der Waals surface area contributed by atoms with E-state index in [1.807, 2.05) is 0 Å². The van der Waals surface area contributed by atoms with Crippen LogP contribution in [0, 0.1) is 27.6 Å².